The van der Waals surface area contributed by atoms with Gasteiger partial charge in [-0.15, -0.1) is 0 Å². The number of hydrogen-bond acceptors (Lipinski definition) is 4. The van der Waals surface area contributed by atoms with Gasteiger partial charge < -0.3 is 25.7 Å². The van der Waals surface area contributed by atoms with Crippen LogP contribution in [0.3, 0.4) is 0 Å². The van der Waals surface area contributed by atoms with Crippen LogP contribution in [0.2, 0.25) is 0 Å². The van der Waals surface area contributed by atoms with Crippen LogP contribution in [0.15, 0.2) is 0 Å². The highest BCUT2D eigenvalue weighted by atomic mass is 16.5. The first-order valence-corrected chi connectivity index (χ1v) is 6.25. The number of methoxy groups -OCH3 is 1. The van der Waals surface area contributed by atoms with Crippen LogP contribution >= 0.6 is 0 Å². The second-order valence-corrected chi connectivity index (χ2v) is 4.81. The second kappa shape index (κ2) is 9.22. The van der Waals surface area contributed by atoms with E-state index in [2.05, 4.69) is 4.74 Å². The van der Waals surface area contributed by atoms with Crippen molar-refractivity contribution >= 4 is 11.9 Å². The molecule has 1 fully saturated rings. The van der Waals surface area contributed by atoms with E-state index in [1.165, 1.54) is 12.0 Å². The number of carboxylic acids is 1. The molecule has 7 nitrogen and oxygen atoms in total. The van der Waals surface area contributed by atoms with Gasteiger partial charge in [0.25, 0.3) is 0 Å². The van der Waals surface area contributed by atoms with Crippen LogP contribution in [0.25, 0.3) is 16.0 Å². The Morgan fingerprint density at radius 1 is 1.16 bits per heavy atom. The lowest BCUT2D eigenvalue weighted by molar-refractivity contribution is -0.308. The van der Waals surface area contributed by atoms with Gasteiger partial charge in [0.2, 0.25) is 0 Å². The Labute approximate surface area is 112 Å². The number of esters is 1. The molecule has 1 rings (SSSR count). The lowest BCUT2D eigenvalue weighted by atomic mass is 9.75. The summed E-state index contributed by atoms with van der Waals surface area (Å²) in [5.41, 5.74) is 13.1. The van der Waals surface area contributed by atoms with E-state index in [4.69, 9.17) is 11.1 Å². The molecule has 0 aromatic carbocycles. The van der Waals surface area contributed by atoms with E-state index in [-0.39, 0.29) is 18.8 Å². The van der Waals surface area contributed by atoms with Gasteiger partial charge in [0.1, 0.15) is 0 Å². The third kappa shape index (κ3) is 7.31. The van der Waals surface area contributed by atoms with Gasteiger partial charge in [-0.1, -0.05) is 25.7 Å². The molecule has 7 heteroatoms. The predicted octanol–water partition coefficient (Wildman–Crippen LogP) is 1.90. The van der Waals surface area contributed by atoms with Crippen LogP contribution in [-0.2, 0) is 14.3 Å². The third-order valence-electron chi connectivity index (χ3n) is 3.43. The van der Waals surface area contributed by atoms with Gasteiger partial charge >= 0.3 is 5.97 Å². The second-order valence-electron chi connectivity index (χ2n) is 4.81. The fourth-order valence-corrected chi connectivity index (χ4v) is 2.58. The predicted molar refractivity (Wildman–Crippen MR) is 66.5 cm³/mol. The topological polar surface area (TPSA) is 125 Å². The van der Waals surface area contributed by atoms with E-state index < -0.39 is 11.4 Å². The molecule has 19 heavy (non-hydrogen) atoms. The Hall–Kier alpha value is -1.75. The Bertz CT molecular complexity index is 330. The van der Waals surface area contributed by atoms with E-state index in [1.54, 1.807) is 0 Å². The monoisotopic (exact) mass is 269 g/mol. The van der Waals surface area contributed by atoms with E-state index in [0.717, 1.165) is 38.5 Å². The highest BCUT2D eigenvalue weighted by molar-refractivity contribution is 5.72. The quantitative estimate of drug-likeness (QED) is 0.254. The van der Waals surface area contributed by atoms with Crippen LogP contribution in [0.1, 0.15) is 51.4 Å². The molecule has 0 aliphatic heterocycles. The van der Waals surface area contributed by atoms with Crippen molar-refractivity contribution in [1.82, 2.24) is 0 Å². The molecule has 0 unspecified atom stereocenters. The smallest absolute Gasteiger partial charge is 0.306 e. The first-order chi connectivity index (χ1) is 8.99. The minimum absolute atomic E-state index is 0.0257. The Morgan fingerprint density at radius 3 is 2.00 bits per heavy atom. The average molecular weight is 269 g/mol. The first-order valence-electron chi connectivity index (χ1n) is 6.25. The van der Waals surface area contributed by atoms with Crippen LogP contribution in [0.5, 0.6) is 0 Å². The van der Waals surface area contributed by atoms with Crippen molar-refractivity contribution in [1.29, 1.82) is 0 Å². The molecule has 0 spiro atoms. The van der Waals surface area contributed by atoms with E-state index in [9.17, 15) is 14.7 Å². The number of ether oxygens (including phenoxy) is 1. The number of carbonyl (C=O) groups excluding carboxylic acids is 2. The molecule has 0 amide bonds. The van der Waals surface area contributed by atoms with Crippen molar-refractivity contribution in [2.24, 2.45) is 5.41 Å². The summed E-state index contributed by atoms with van der Waals surface area (Å²) in [4.78, 5) is 23.6. The minimum atomic E-state index is -1.06. The minimum Gasteiger partial charge on any atom is -0.550 e. The van der Waals surface area contributed by atoms with Crippen molar-refractivity contribution in [2.45, 2.75) is 51.4 Å². The first kappa shape index (κ1) is 17.2. The van der Waals surface area contributed by atoms with Gasteiger partial charge in [0, 0.05) is 5.97 Å². The molecule has 0 aromatic heterocycles. The number of carbonyl (C=O) groups is 2. The summed E-state index contributed by atoms with van der Waals surface area (Å²) in [5.74, 6) is -1.38. The molecule has 1 aliphatic rings. The molecule has 1 aliphatic carbocycles. The van der Waals surface area contributed by atoms with Gasteiger partial charge in [-0.05, 0) is 24.7 Å². The molecule has 0 heterocycles. The van der Waals surface area contributed by atoms with Crippen molar-refractivity contribution < 1.29 is 19.4 Å². The van der Waals surface area contributed by atoms with Gasteiger partial charge in [-0.2, -0.15) is 0 Å². The van der Waals surface area contributed by atoms with Crippen LogP contribution in [0.4, 0.5) is 0 Å². The van der Waals surface area contributed by atoms with Crippen molar-refractivity contribution in [2.75, 3.05) is 7.11 Å². The maximum atomic E-state index is 11.3. The summed E-state index contributed by atoms with van der Waals surface area (Å²) in [6.07, 6.45) is 5.98. The van der Waals surface area contributed by atoms with E-state index in [1.807, 2.05) is 0 Å². The lowest BCUT2D eigenvalue weighted by Crippen LogP contribution is -2.34. The lowest BCUT2D eigenvalue weighted by Gasteiger charge is -2.32. The molecule has 0 N–H and O–H groups in total. The zero-order chi connectivity index (χ0) is 14.7. The molecule has 0 atom stereocenters. The average Bonchev–Trinajstić information content (AvgIpc) is 2.55. The zero-order valence-electron chi connectivity index (χ0n) is 11.1. The number of rotatable bonds is 4. The standard InChI is InChI=1S/C12H20O4.N3/c1-16-11(15)9-12(8-10(13)14)6-4-2-3-5-7-12;1-3-2/h2-9H2,1H3,(H,13,14);/q;-1/p-1. The maximum Gasteiger partial charge on any atom is 0.306 e. The summed E-state index contributed by atoms with van der Waals surface area (Å²) in [7, 11) is 1.34. The van der Waals surface area contributed by atoms with Crippen molar-refractivity contribution in [3.63, 3.8) is 0 Å². The molecule has 0 radical (unpaired) electrons. The maximum absolute atomic E-state index is 11.3. The molecule has 0 bridgehead atoms. The van der Waals surface area contributed by atoms with E-state index >= 15 is 0 Å². The Kier molecular flexibility index (Phi) is 8.37. The van der Waals surface area contributed by atoms with Crippen LogP contribution in [-0.4, -0.2) is 19.0 Å². The van der Waals surface area contributed by atoms with Crippen molar-refractivity contribution in [3.8, 4) is 0 Å². The largest absolute Gasteiger partial charge is 0.550 e. The number of carboxylic acid groups (broad SMARTS) is 1. The van der Waals surface area contributed by atoms with Gasteiger partial charge in [0.15, 0.2) is 0 Å². The highest BCUT2D eigenvalue weighted by Gasteiger charge is 2.33. The van der Waals surface area contributed by atoms with Gasteiger partial charge in [-0.25, -0.2) is 0 Å². The summed E-state index contributed by atoms with van der Waals surface area (Å²) in [5, 5.41) is 10.8. The summed E-state index contributed by atoms with van der Waals surface area (Å²) in [6, 6.07) is 0. The molecule has 1 saturated carbocycles. The SMILES string of the molecule is COC(=O)CC1(CC(=O)[O-])CCCCCC1.[N-]=[N+]=[N-]. The zero-order valence-corrected chi connectivity index (χ0v) is 11.1. The number of hydrogen-bond donors (Lipinski definition) is 0. The van der Waals surface area contributed by atoms with Crippen molar-refractivity contribution in [3.05, 3.63) is 16.0 Å². The van der Waals surface area contributed by atoms with Gasteiger partial charge in [-0.3, -0.25) is 9.71 Å². The molecule has 0 aromatic rings. The molecule has 0 saturated heterocycles. The molecule has 108 valence electrons. The molecular formula is C12H19N3O4-2. The number of nitrogens with zero attached hydrogens (tertiary/aromatic N) is 3. The summed E-state index contributed by atoms with van der Waals surface area (Å²) in [6.45, 7) is 0. The Morgan fingerprint density at radius 2 is 1.63 bits per heavy atom. The molecular weight excluding hydrogens is 250 g/mol. The van der Waals surface area contributed by atoms with Crippen LogP contribution < -0.4 is 5.11 Å². The Balaban J connectivity index is 0.000000982. The fraction of sp³-hybridized carbons (Fsp3) is 0.833. The normalized spacial score (nSPS) is 17.1. The summed E-state index contributed by atoms with van der Waals surface area (Å²) < 4.78 is 4.65. The van der Waals surface area contributed by atoms with Crippen LogP contribution in [0, 0.1) is 5.41 Å². The highest BCUT2D eigenvalue weighted by Crippen LogP contribution is 2.41. The third-order valence-corrected chi connectivity index (χ3v) is 3.43. The fourth-order valence-electron chi connectivity index (χ4n) is 2.58. The number of aliphatic carboxylic acids is 1. The van der Waals surface area contributed by atoms with Gasteiger partial charge in [0.05, 0.1) is 13.5 Å². The summed E-state index contributed by atoms with van der Waals surface area (Å²) >= 11 is 0. The van der Waals surface area contributed by atoms with E-state index in [0.29, 0.717) is 0 Å².